The molecule has 164 valence electrons. The lowest BCUT2D eigenvalue weighted by Crippen LogP contribution is -2.20. The van der Waals surface area contributed by atoms with Gasteiger partial charge in [0.1, 0.15) is 6.54 Å². The highest BCUT2D eigenvalue weighted by atomic mass is 16.1. The zero-order valence-corrected chi connectivity index (χ0v) is 18.5. The van der Waals surface area contributed by atoms with E-state index in [9.17, 15) is 4.79 Å². The summed E-state index contributed by atoms with van der Waals surface area (Å²) in [6.45, 7) is 6.71. The van der Waals surface area contributed by atoms with Crippen molar-refractivity contribution in [1.29, 1.82) is 0 Å². The number of hydrogen-bond acceptors (Lipinski definition) is 6. The lowest BCUT2D eigenvalue weighted by Gasteiger charge is -2.18. The Morgan fingerprint density at radius 3 is 2.47 bits per heavy atom. The summed E-state index contributed by atoms with van der Waals surface area (Å²) >= 11 is 0. The molecule has 0 spiro atoms. The van der Waals surface area contributed by atoms with Gasteiger partial charge in [0.2, 0.25) is 11.7 Å². The van der Waals surface area contributed by atoms with Crippen LogP contribution in [0.5, 0.6) is 0 Å². The van der Waals surface area contributed by atoms with Crippen LogP contribution < -0.4 is 11.5 Å². The van der Waals surface area contributed by atoms with Crippen molar-refractivity contribution in [2.45, 2.75) is 40.3 Å². The summed E-state index contributed by atoms with van der Waals surface area (Å²) in [6, 6.07) is 14.4. The van der Waals surface area contributed by atoms with Crippen LogP contribution in [0.15, 0.2) is 42.5 Å². The summed E-state index contributed by atoms with van der Waals surface area (Å²) in [5.41, 5.74) is 18.6. The molecular weight excluding hydrogens is 402 g/mol. The van der Waals surface area contributed by atoms with E-state index in [1.807, 2.05) is 18.2 Å². The average molecular weight is 430 g/mol. The van der Waals surface area contributed by atoms with Crippen LogP contribution in [0.3, 0.4) is 0 Å². The molecule has 2 heterocycles. The zero-order valence-electron chi connectivity index (χ0n) is 18.5. The lowest BCUT2D eigenvalue weighted by molar-refractivity contribution is -0.118. The van der Waals surface area contributed by atoms with E-state index in [0.29, 0.717) is 18.3 Å². The van der Waals surface area contributed by atoms with Crippen LogP contribution in [0.4, 0.5) is 0 Å². The number of primary amides is 1. The minimum atomic E-state index is -0.524. The first-order chi connectivity index (χ1) is 15.4. The van der Waals surface area contributed by atoms with Crippen LogP contribution in [-0.2, 0) is 24.3 Å². The number of tetrazole rings is 1. The highest BCUT2D eigenvalue weighted by Crippen LogP contribution is 2.35. The van der Waals surface area contributed by atoms with Crippen molar-refractivity contribution in [1.82, 2.24) is 25.2 Å². The van der Waals surface area contributed by atoms with Gasteiger partial charge in [0.25, 0.3) is 0 Å². The van der Waals surface area contributed by atoms with Crippen molar-refractivity contribution in [2.75, 3.05) is 0 Å². The van der Waals surface area contributed by atoms with Crippen molar-refractivity contribution in [3.63, 3.8) is 0 Å². The van der Waals surface area contributed by atoms with Crippen LogP contribution in [0.2, 0.25) is 0 Å². The molecule has 4 rings (SSSR count). The molecule has 4 aromatic rings. The van der Waals surface area contributed by atoms with Gasteiger partial charge in [-0.15, -0.1) is 10.2 Å². The number of carbonyl (C=O) groups is 1. The van der Waals surface area contributed by atoms with Crippen LogP contribution in [0.1, 0.15) is 30.7 Å². The summed E-state index contributed by atoms with van der Waals surface area (Å²) < 4.78 is 0. The molecule has 0 saturated heterocycles. The number of carbonyl (C=O) groups excluding carboxylic acids is 1. The Bertz CT molecular complexity index is 1280. The number of aryl methyl sites for hydroxylation is 1. The largest absolute Gasteiger partial charge is 0.368 e. The second-order valence-electron chi connectivity index (χ2n) is 8.42. The number of nitrogens with two attached hydrogens (primary N) is 2. The second kappa shape index (κ2) is 8.84. The first-order valence-electron chi connectivity index (χ1n) is 10.6. The predicted octanol–water partition coefficient (Wildman–Crippen LogP) is 3.01. The van der Waals surface area contributed by atoms with E-state index in [1.165, 1.54) is 10.4 Å². The number of hydrogen-bond donors (Lipinski definition) is 2. The van der Waals surface area contributed by atoms with Gasteiger partial charge in [-0.3, -0.25) is 9.78 Å². The molecule has 4 N–H and O–H groups in total. The maximum atomic E-state index is 11.2. The SMILES string of the molecule is Cc1ccc(-c2c(CN)c(CC(C)C)nc3ccc(-c4nnn(CC(N)=O)n4)cc23)cc1. The first kappa shape index (κ1) is 21.6. The third kappa shape index (κ3) is 4.36. The summed E-state index contributed by atoms with van der Waals surface area (Å²) in [5.74, 6) is 0.354. The molecule has 2 aromatic heterocycles. The molecular formula is C24H27N7O. The Kier molecular flexibility index (Phi) is 5.96. The number of nitrogens with zero attached hydrogens (tertiary/aromatic N) is 5. The molecule has 1 amide bonds. The minimum Gasteiger partial charge on any atom is -0.368 e. The van der Waals surface area contributed by atoms with E-state index in [2.05, 4.69) is 60.4 Å². The van der Waals surface area contributed by atoms with Gasteiger partial charge in [-0.2, -0.15) is 4.80 Å². The maximum absolute atomic E-state index is 11.2. The Morgan fingerprint density at radius 1 is 1.09 bits per heavy atom. The van der Waals surface area contributed by atoms with Gasteiger partial charge in [-0.1, -0.05) is 43.7 Å². The molecule has 0 unspecified atom stereocenters. The van der Waals surface area contributed by atoms with Gasteiger partial charge in [0.15, 0.2) is 0 Å². The molecule has 32 heavy (non-hydrogen) atoms. The number of benzene rings is 2. The van der Waals surface area contributed by atoms with Gasteiger partial charge in [-0.05, 0) is 59.4 Å². The molecule has 0 radical (unpaired) electrons. The molecule has 0 bridgehead atoms. The predicted molar refractivity (Wildman–Crippen MR) is 124 cm³/mol. The average Bonchev–Trinajstić information content (AvgIpc) is 3.20. The number of amides is 1. The van der Waals surface area contributed by atoms with E-state index >= 15 is 0 Å². The normalized spacial score (nSPS) is 11.4. The quantitative estimate of drug-likeness (QED) is 0.465. The topological polar surface area (TPSA) is 126 Å². The van der Waals surface area contributed by atoms with Crippen LogP contribution in [0, 0.1) is 12.8 Å². The van der Waals surface area contributed by atoms with Gasteiger partial charge < -0.3 is 11.5 Å². The number of rotatable bonds is 7. The number of fused-ring (bicyclic) bond motifs is 1. The van der Waals surface area contributed by atoms with E-state index in [4.69, 9.17) is 16.5 Å². The van der Waals surface area contributed by atoms with Crippen LogP contribution in [-0.4, -0.2) is 31.1 Å². The Balaban J connectivity index is 1.94. The van der Waals surface area contributed by atoms with Crippen molar-refractivity contribution in [2.24, 2.45) is 17.4 Å². The van der Waals surface area contributed by atoms with Gasteiger partial charge >= 0.3 is 0 Å². The monoisotopic (exact) mass is 429 g/mol. The molecule has 2 aromatic carbocycles. The zero-order chi connectivity index (χ0) is 22.8. The Morgan fingerprint density at radius 2 is 1.81 bits per heavy atom. The molecule has 8 nitrogen and oxygen atoms in total. The van der Waals surface area contributed by atoms with E-state index in [-0.39, 0.29) is 6.54 Å². The third-order valence-electron chi connectivity index (χ3n) is 5.33. The van der Waals surface area contributed by atoms with Crippen molar-refractivity contribution in [3.8, 4) is 22.5 Å². The summed E-state index contributed by atoms with van der Waals surface area (Å²) in [7, 11) is 0. The maximum Gasteiger partial charge on any atom is 0.241 e. The number of pyridine rings is 1. The second-order valence-corrected chi connectivity index (χ2v) is 8.42. The van der Waals surface area contributed by atoms with E-state index in [1.54, 1.807) is 0 Å². The molecule has 0 fully saturated rings. The Hall–Kier alpha value is -3.65. The fourth-order valence-electron chi connectivity index (χ4n) is 3.88. The summed E-state index contributed by atoms with van der Waals surface area (Å²) in [5, 5.41) is 13.3. The van der Waals surface area contributed by atoms with Crippen molar-refractivity contribution >= 4 is 16.8 Å². The van der Waals surface area contributed by atoms with E-state index < -0.39 is 5.91 Å². The third-order valence-corrected chi connectivity index (χ3v) is 5.33. The van der Waals surface area contributed by atoms with E-state index in [0.717, 1.165) is 45.3 Å². The fraction of sp³-hybridized carbons (Fsp3) is 0.292. The molecule has 0 aliphatic heterocycles. The number of aromatic nitrogens is 5. The van der Waals surface area contributed by atoms with Crippen LogP contribution in [0.25, 0.3) is 33.4 Å². The molecule has 0 atom stereocenters. The smallest absolute Gasteiger partial charge is 0.241 e. The molecule has 0 aliphatic rings. The first-order valence-corrected chi connectivity index (χ1v) is 10.6. The van der Waals surface area contributed by atoms with Gasteiger partial charge in [-0.25, -0.2) is 0 Å². The van der Waals surface area contributed by atoms with Gasteiger partial charge in [0.05, 0.1) is 5.52 Å². The standard InChI is InChI=1S/C24H27N7O/c1-14(2)10-21-19(12-25)23(16-6-4-15(3)5-7-16)18-11-17(8-9-20(18)27-21)24-28-30-31(29-24)13-22(26)32/h4-9,11,14H,10,12-13,25H2,1-3H3,(H2,26,32). The van der Waals surface area contributed by atoms with Crippen molar-refractivity contribution in [3.05, 3.63) is 59.3 Å². The highest BCUT2D eigenvalue weighted by molar-refractivity contribution is 5.98. The molecule has 0 aliphatic carbocycles. The Labute approximate surface area is 186 Å². The highest BCUT2D eigenvalue weighted by Gasteiger charge is 2.18. The van der Waals surface area contributed by atoms with Crippen LogP contribution >= 0.6 is 0 Å². The lowest BCUT2D eigenvalue weighted by atomic mass is 9.90. The van der Waals surface area contributed by atoms with Crippen molar-refractivity contribution < 1.29 is 4.79 Å². The molecule has 8 heteroatoms. The summed E-state index contributed by atoms with van der Waals surface area (Å²) in [4.78, 5) is 17.3. The summed E-state index contributed by atoms with van der Waals surface area (Å²) in [6.07, 6.45) is 0.853. The minimum absolute atomic E-state index is 0.118. The molecule has 0 saturated carbocycles. The fourth-order valence-corrected chi connectivity index (χ4v) is 3.88. The van der Waals surface area contributed by atoms with Gasteiger partial charge in [0, 0.05) is 23.2 Å².